The molecule has 1 atom stereocenters. The summed E-state index contributed by atoms with van der Waals surface area (Å²) in [6.45, 7) is 9.96. The van der Waals surface area contributed by atoms with Gasteiger partial charge in [-0.1, -0.05) is 20.8 Å². The van der Waals surface area contributed by atoms with Crippen LogP contribution in [0.15, 0.2) is 4.47 Å². The molecule has 0 aliphatic rings. The predicted octanol–water partition coefficient (Wildman–Crippen LogP) is 2.92. The Bertz CT molecular complexity index is 384. The van der Waals surface area contributed by atoms with Gasteiger partial charge in [0.1, 0.15) is 0 Å². The third-order valence-corrected chi connectivity index (χ3v) is 4.84. The van der Waals surface area contributed by atoms with Crippen molar-refractivity contribution in [1.82, 2.24) is 15.1 Å². The van der Waals surface area contributed by atoms with Gasteiger partial charge in [-0.15, -0.1) is 0 Å². The van der Waals surface area contributed by atoms with E-state index in [9.17, 15) is 0 Å². The van der Waals surface area contributed by atoms with Crippen molar-refractivity contribution in [3.05, 3.63) is 15.9 Å². The van der Waals surface area contributed by atoms with E-state index in [1.165, 1.54) is 5.69 Å². The van der Waals surface area contributed by atoms with Gasteiger partial charge in [0.25, 0.3) is 0 Å². The van der Waals surface area contributed by atoms with Crippen LogP contribution >= 0.6 is 15.9 Å². The molecule has 0 bridgehead atoms. The molecule has 1 rings (SSSR count). The van der Waals surface area contributed by atoms with Gasteiger partial charge in [-0.05, 0) is 47.7 Å². The van der Waals surface area contributed by atoms with Gasteiger partial charge < -0.3 is 5.32 Å². The van der Waals surface area contributed by atoms with Crippen LogP contribution in [-0.4, -0.2) is 23.4 Å². The summed E-state index contributed by atoms with van der Waals surface area (Å²) in [5.74, 6) is 0.622. The molecule has 0 saturated carbocycles. The van der Waals surface area contributed by atoms with Crippen molar-refractivity contribution in [3.8, 4) is 0 Å². The number of hydrogen-bond acceptors (Lipinski definition) is 2. The zero-order valence-corrected chi connectivity index (χ0v) is 13.3. The molecule has 0 fully saturated rings. The molecule has 0 spiro atoms. The van der Waals surface area contributed by atoms with Gasteiger partial charge in [0.15, 0.2) is 0 Å². The summed E-state index contributed by atoms with van der Waals surface area (Å²) in [4.78, 5) is 0. The van der Waals surface area contributed by atoms with E-state index in [1.54, 1.807) is 0 Å². The van der Waals surface area contributed by atoms with Crippen LogP contribution in [0.3, 0.4) is 0 Å². The van der Waals surface area contributed by atoms with Crippen LogP contribution in [0.4, 0.5) is 0 Å². The van der Waals surface area contributed by atoms with Gasteiger partial charge >= 0.3 is 0 Å². The fourth-order valence-electron chi connectivity index (χ4n) is 2.13. The number of aryl methyl sites for hydroxylation is 2. The molecule has 3 nitrogen and oxygen atoms in total. The number of nitrogens with zero attached hydrogens (tertiary/aromatic N) is 2. The monoisotopic (exact) mass is 301 g/mol. The first kappa shape index (κ1) is 14.7. The van der Waals surface area contributed by atoms with Crippen LogP contribution in [0.5, 0.6) is 0 Å². The van der Waals surface area contributed by atoms with Crippen LogP contribution in [0.1, 0.15) is 32.2 Å². The third kappa shape index (κ3) is 3.10. The van der Waals surface area contributed by atoms with Crippen molar-refractivity contribution in [1.29, 1.82) is 0 Å². The molecule has 0 aliphatic carbocycles. The maximum Gasteiger partial charge on any atom is 0.0738 e. The van der Waals surface area contributed by atoms with Crippen LogP contribution in [-0.2, 0) is 13.5 Å². The Morgan fingerprint density at radius 3 is 2.41 bits per heavy atom. The molecule has 4 heteroatoms. The molecule has 0 amide bonds. The van der Waals surface area contributed by atoms with E-state index in [4.69, 9.17) is 0 Å². The van der Waals surface area contributed by atoms with Gasteiger partial charge in [-0.2, -0.15) is 5.10 Å². The quantitative estimate of drug-likeness (QED) is 0.906. The van der Waals surface area contributed by atoms with Crippen molar-refractivity contribution < 1.29 is 0 Å². The second kappa shape index (κ2) is 5.53. The molecular weight excluding hydrogens is 278 g/mol. The van der Waals surface area contributed by atoms with Gasteiger partial charge in [-0.25, -0.2) is 0 Å². The van der Waals surface area contributed by atoms with Crippen molar-refractivity contribution in [2.75, 3.05) is 13.6 Å². The van der Waals surface area contributed by atoms with Crippen LogP contribution in [0, 0.1) is 18.3 Å². The molecule has 1 heterocycles. The first-order chi connectivity index (χ1) is 7.81. The first-order valence-corrected chi connectivity index (χ1v) is 6.93. The normalized spacial score (nSPS) is 15.3. The smallest absolute Gasteiger partial charge is 0.0738 e. The van der Waals surface area contributed by atoms with E-state index in [1.807, 2.05) is 25.7 Å². The number of aromatic nitrogens is 2. The van der Waals surface area contributed by atoms with Crippen molar-refractivity contribution in [3.63, 3.8) is 0 Å². The molecule has 0 aromatic carbocycles. The van der Waals surface area contributed by atoms with Gasteiger partial charge in [0.05, 0.1) is 15.9 Å². The molecule has 98 valence electrons. The lowest BCUT2D eigenvalue weighted by atomic mass is 9.75. The fraction of sp³-hybridized carbons (Fsp3) is 0.769. The lowest BCUT2D eigenvalue weighted by Gasteiger charge is -2.34. The van der Waals surface area contributed by atoms with Gasteiger partial charge in [0, 0.05) is 13.6 Å². The lowest BCUT2D eigenvalue weighted by Crippen LogP contribution is -2.37. The van der Waals surface area contributed by atoms with E-state index in [-0.39, 0.29) is 5.41 Å². The lowest BCUT2D eigenvalue weighted by molar-refractivity contribution is 0.208. The average Bonchev–Trinajstić information content (AvgIpc) is 2.45. The third-order valence-electron chi connectivity index (χ3n) is 3.81. The Kier molecular flexibility index (Phi) is 4.78. The number of halogens is 1. The van der Waals surface area contributed by atoms with E-state index in [2.05, 4.69) is 47.1 Å². The fourth-order valence-corrected chi connectivity index (χ4v) is 2.61. The maximum absolute atomic E-state index is 4.46. The average molecular weight is 302 g/mol. The standard InChI is InChI=1S/C13H24BrN3/c1-9(2)13(4,8-15-5)7-11-12(14)10(3)16-17(11)6/h9,15H,7-8H2,1-6H3. The summed E-state index contributed by atoms with van der Waals surface area (Å²) in [5, 5.41) is 7.77. The summed E-state index contributed by atoms with van der Waals surface area (Å²) in [6, 6.07) is 0. The molecule has 1 unspecified atom stereocenters. The summed E-state index contributed by atoms with van der Waals surface area (Å²) >= 11 is 3.65. The molecular formula is C13H24BrN3. The highest BCUT2D eigenvalue weighted by molar-refractivity contribution is 9.10. The molecule has 1 aromatic heterocycles. The van der Waals surface area contributed by atoms with Crippen LogP contribution in [0.2, 0.25) is 0 Å². The van der Waals surface area contributed by atoms with Crippen molar-refractivity contribution >= 4 is 15.9 Å². The molecule has 1 N–H and O–H groups in total. The van der Waals surface area contributed by atoms with Gasteiger partial charge in [0.2, 0.25) is 0 Å². The largest absolute Gasteiger partial charge is 0.319 e. The molecule has 0 saturated heterocycles. The van der Waals surface area contributed by atoms with E-state index >= 15 is 0 Å². The Morgan fingerprint density at radius 2 is 2.06 bits per heavy atom. The van der Waals surface area contributed by atoms with Crippen molar-refractivity contribution in [2.24, 2.45) is 18.4 Å². The van der Waals surface area contributed by atoms with E-state index < -0.39 is 0 Å². The molecule has 17 heavy (non-hydrogen) atoms. The van der Waals surface area contributed by atoms with E-state index in [0.717, 1.165) is 23.1 Å². The summed E-state index contributed by atoms with van der Waals surface area (Å²) in [6.07, 6.45) is 1.03. The summed E-state index contributed by atoms with van der Waals surface area (Å²) in [5.41, 5.74) is 2.60. The first-order valence-electron chi connectivity index (χ1n) is 6.14. The Balaban J connectivity index is 3.01. The SMILES string of the molecule is CNCC(C)(Cc1c(Br)c(C)nn1C)C(C)C. The van der Waals surface area contributed by atoms with E-state index in [0.29, 0.717) is 5.92 Å². The van der Waals surface area contributed by atoms with Gasteiger partial charge in [-0.3, -0.25) is 4.68 Å². The Morgan fingerprint density at radius 1 is 1.47 bits per heavy atom. The molecule has 0 aliphatic heterocycles. The van der Waals surface area contributed by atoms with Crippen LogP contribution < -0.4 is 5.32 Å². The Labute approximate surface area is 113 Å². The predicted molar refractivity (Wildman–Crippen MR) is 76.2 cm³/mol. The number of nitrogens with one attached hydrogen (secondary N) is 1. The zero-order valence-electron chi connectivity index (χ0n) is 11.8. The molecule has 1 aromatic rings. The van der Waals surface area contributed by atoms with Crippen molar-refractivity contribution in [2.45, 2.75) is 34.1 Å². The zero-order chi connectivity index (χ0) is 13.2. The molecule has 0 radical (unpaired) electrons. The van der Waals surface area contributed by atoms with Crippen LogP contribution in [0.25, 0.3) is 0 Å². The number of rotatable bonds is 5. The minimum Gasteiger partial charge on any atom is -0.319 e. The number of hydrogen-bond donors (Lipinski definition) is 1. The second-order valence-electron chi connectivity index (χ2n) is 5.49. The topological polar surface area (TPSA) is 29.9 Å². The minimum absolute atomic E-state index is 0.248. The second-order valence-corrected chi connectivity index (χ2v) is 6.28. The highest BCUT2D eigenvalue weighted by atomic mass is 79.9. The summed E-state index contributed by atoms with van der Waals surface area (Å²) < 4.78 is 3.15. The minimum atomic E-state index is 0.248. The summed E-state index contributed by atoms with van der Waals surface area (Å²) in [7, 11) is 4.04. The highest BCUT2D eigenvalue weighted by Gasteiger charge is 2.30. The maximum atomic E-state index is 4.46. The highest BCUT2D eigenvalue weighted by Crippen LogP contribution is 2.33. The Hall–Kier alpha value is -0.350.